The number of hydrogen-bond donors (Lipinski definition) is 0. The van der Waals surface area contributed by atoms with Gasteiger partial charge < -0.3 is 4.74 Å². The van der Waals surface area contributed by atoms with Crippen LogP contribution in [0.4, 0.5) is 13.2 Å². The number of methoxy groups -OCH3 is 1. The van der Waals surface area contributed by atoms with Crippen LogP contribution in [0.1, 0.15) is 18.9 Å². The Hall–Kier alpha value is -2.56. The maximum absolute atomic E-state index is 12.9. The molecule has 0 fully saturated rings. The topological polar surface area (TPSA) is 52.8 Å². The van der Waals surface area contributed by atoms with Crippen molar-refractivity contribution in [1.29, 1.82) is 0 Å². The molecule has 0 unspecified atom stereocenters. The molecule has 0 aliphatic rings. The van der Waals surface area contributed by atoms with Gasteiger partial charge in [0.1, 0.15) is 12.3 Å². The normalized spacial score (nSPS) is 11.0. The molecule has 5 nitrogen and oxygen atoms in total. The third-order valence-electron chi connectivity index (χ3n) is 2.70. The molecular formula is C14H13F3N4O. The lowest BCUT2D eigenvalue weighted by Crippen LogP contribution is -2.05. The molecule has 116 valence electrons. The minimum atomic E-state index is -4.48. The fraction of sp³-hybridized carbons (Fsp3) is 0.357. The SMILES string of the molecule is CCC#CCn1nnc(-c2cc(OC)cc(C(F)(F)F)c2)n1. The average molecular weight is 310 g/mol. The van der Waals surface area contributed by atoms with E-state index in [1.807, 2.05) is 6.92 Å². The largest absolute Gasteiger partial charge is 0.497 e. The van der Waals surface area contributed by atoms with Gasteiger partial charge in [0.25, 0.3) is 0 Å². The van der Waals surface area contributed by atoms with Gasteiger partial charge in [0.2, 0.25) is 5.82 Å². The molecule has 8 heteroatoms. The highest BCUT2D eigenvalue weighted by atomic mass is 19.4. The quantitative estimate of drug-likeness (QED) is 0.818. The number of tetrazole rings is 1. The van der Waals surface area contributed by atoms with Crippen LogP contribution in [0.3, 0.4) is 0 Å². The number of ether oxygens (including phenoxy) is 1. The van der Waals surface area contributed by atoms with Crippen molar-refractivity contribution in [2.24, 2.45) is 0 Å². The predicted octanol–water partition coefficient (Wildman–Crippen LogP) is 2.78. The Bertz CT molecular complexity index is 713. The Balaban J connectivity index is 2.35. The summed E-state index contributed by atoms with van der Waals surface area (Å²) in [7, 11) is 1.30. The second-order valence-corrected chi connectivity index (χ2v) is 4.30. The highest BCUT2D eigenvalue weighted by Crippen LogP contribution is 2.34. The molecule has 0 atom stereocenters. The first-order chi connectivity index (χ1) is 10.4. The van der Waals surface area contributed by atoms with Gasteiger partial charge in [0.05, 0.1) is 12.7 Å². The molecule has 0 aliphatic carbocycles. The number of rotatable bonds is 3. The van der Waals surface area contributed by atoms with Crippen molar-refractivity contribution >= 4 is 0 Å². The molecule has 1 heterocycles. The molecule has 0 saturated carbocycles. The molecule has 2 rings (SSSR count). The summed E-state index contributed by atoms with van der Waals surface area (Å²) < 4.78 is 43.5. The first-order valence-corrected chi connectivity index (χ1v) is 6.44. The number of alkyl halides is 3. The molecule has 0 N–H and O–H groups in total. The van der Waals surface area contributed by atoms with E-state index in [2.05, 4.69) is 27.3 Å². The van der Waals surface area contributed by atoms with E-state index in [0.29, 0.717) is 6.42 Å². The van der Waals surface area contributed by atoms with Crippen LogP contribution in [0, 0.1) is 11.8 Å². The molecule has 1 aromatic carbocycles. The smallest absolute Gasteiger partial charge is 0.416 e. The summed E-state index contributed by atoms with van der Waals surface area (Å²) in [6.07, 6.45) is -3.78. The van der Waals surface area contributed by atoms with Gasteiger partial charge in [-0.05, 0) is 23.4 Å². The van der Waals surface area contributed by atoms with Crippen molar-refractivity contribution in [3.05, 3.63) is 23.8 Å². The van der Waals surface area contributed by atoms with Crippen molar-refractivity contribution < 1.29 is 17.9 Å². The lowest BCUT2D eigenvalue weighted by molar-refractivity contribution is -0.137. The number of nitrogens with zero attached hydrogens (tertiary/aromatic N) is 4. The van der Waals surface area contributed by atoms with E-state index in [0.717, 1.165) is 12.1 Å². The summed E-state index contributed by atoms with van der Waals surface area (Å²) in [4.78, 5) is 1.23. The summed E-state index contributed by atoms with van der Waals surface area (Å²) in [5.74, 6) is 5.82. The molecule has 0 radical (unpaired) electrons. The Morgan fingerprint density at radius 1 is 1.23 bits per heavy atom. The maximum atomic E-state index is 12.9. The number of benzene rings is 1. The lowest BCUT2D eigenvalue weighted by Gasteiger charge is -2.10. The Kier molecular flexibility index (Phi) is 4.65. The second kappa shape index (κ2) is 6.47. The zero-order valence-electron chi connectivity index (χ0n) is 12.0. The van der Waals surface area contributed by atoms with Crippen LogP contribution >= 0.6 is 0 Å². The Morgan fingerprint density at radius 2 is 2.00 bits per heavy atom. The molecule has 0 spiro atoms. The van der Waals surface area contributed by atoms with Crippen LogP contribution < -0.4 is 4.74 Å². The van der Waals surface area contributed by atoms with Crippen LogP contribution in [0.25, 0.3) is 11.4 Å². The van der Waals surface area contributed by atoms with Crippen LogP contribution in [-0.2, 0) is 12.7 Å². The van der Waals surface area contributed by atoms with Crippen molar-refractivity contribution in [1.82, 2.24) is 20.2 Å². The fourth-order valence-electron chi connectivity index (χ4n) is 1.69. The fourth-order valence-corrected chi connectivity index (χ4v) is 1.69. The van der Waals surface area contributed by atoms with Crippen LogP contribution in [-0.4, -0.2) is 27.3 Å². The summed E-state index contributed by atoms with van der Waals surface area (Å²) in [6, 6.07) is 3.30. The summed E-state index contributed by atoms with van der Waals surface area (Å²) >= 11 is 0. The van der Waals surface area contributed by atoms with E-state index in [4.69, 9.17) is 4.74 Å². The molecule has 0 saturated heterocycles. The van der Waals surface area contributed by atoms with Gasteiger partial charge in [-0.2, -0.15) is 18.0 Å². The van der Waals surface area contributed by atoms with Gasteiger partial charge >= 0.3 is 6.18 Å². The Labute approximate surface area is 125 Å². The van der Waals surface area contributed by atoms with Gasteiger partial charge in [0, 0.05) is 12.0 Å². The zero-order valence-corrected chi connectivity index (χ0v) is 12.0. The third kappa shape index (κ3) is 3.75. The summed E-state index contributed by atoms with van der Waals surface area (Å²) in [6.45, 7) is 2.14. The molecular weight excluding hydrogens is 297 g/mol. The van der Waals surface area contributed by atoms with Gasteiger partial charge in [-0.25, -0.2) is 0 Å². The molecule has 0 aliphatic heterocycles. The first kappa shape index (κ1) is 15.8. The third-order valence-corrected chi connectivity index (χ3v) is 2.70. The van der Waals surface area contributed by atoms with E-state index >= 15 is 0 Å². The number of halogens is 3. The van der Waals surface area contributed by atoms with Crippen molar-refractivity contribution in [2.75, 3.05) is 7.11 Å². The predicted molar refractivity (Wildman–Crippen MR) is 72.9 cm³/mol. The van der Waals surface area contributed by atoms with Gasteiger partial charge in [0.15, 0.2) is 0 Å². The van der Waals surface area contributed by atoms with Gasteiger partial charge in [-0.15, -0.1) is 16.1 Å². The van der Waals surface area contributed by atoms with Gasteiger partial charge in [-0.3, -0.25) is 0 Å². The van der Waals surface area contributed by atoms with Crippen LogP contribution in [0.2, 0.25) is 0 Å². The first-order valence-electron chi connectivity index (χ1n) is 6.44. The Morgan fingerprint density at radius 3 is 2.64 bits per heavy atom. The van der Waals surface area contributed by atoms with Crippen molar-refractivity contribution in [3.63, 3.8) is 0 Å². The van der Waals surface area contributed by atoms with E-state index in [-0.39, 0.29) is 23.7 Å². The average Bonchev–Trinajstić information content (AvgIpc) is 2.95. The van der Waals surface area contributed by atoms with Crippen molar-refractivity contribution in [3.8, 4) is 29.0 Å². The van der Waals surface area contributed by atoms with Gasteiger partial charge in [-0.1, -0.05) is 12.8 Å². The standard InChI is InChI=1S/C14H13F3N4O/c1-3-4-5-6-21-19-13(18-20-21)10-7-11(14(15,16)17)9-12(8-10)22-2/h7-9H,3,6H2,1-2H3. The summed E-state index contributed by atoms with van der Waals surface area (Å²) in [5.41, 5.74) is -0.648. The molecule has 22 heavy (non-hydrogen) atoms. The van der Waals surface area contributed by atoms with E-state index < -0.39 is 11.7 Å². The van der Waals surface area contributed by atoms with E-state index in [9.17, 15) is 13.2 Å². The highest BCUT2D eigenvalue weighted by molar-refractivity contribution is 5.59. The maximum Gasteiger partial charge on any atom is 0.416 e. The number of hydrogen-bond acceptors (Lipinski definition) is 4. The number of aromatic nitrogens is 4. The monoisotopic (exact) mass is 310 g/mol. The molecule has 2 aromatic rings. The molecule has 0 bridgehead atoms. The van der Waals surface area contributed by atoms with Crippen LogP contribution in [0.5, 0.6) is 5.75 Å². The lowest BCUT2D eigenvalue weighted by atomic mass is 10.1. The summed E-state index contributed by atoms with van der Waals surface area (Å²) in [5, 5.41) is 11.5. The zero-order chi connectivity index (χ0) is 16.2. The minimum Gasteiger partial charge on any atom is -0.497 e. The molecule has 1 aromatic heterocycles. The van der Waals surface area contributed by atoms with Crippen molar-refractivity contribution in [2.45, 2.75) is 26.1 Å². The highest BCUT2D eigenvalue weighted by Gasteiger charge is 2.31. The van der Waals surface area contributed by atoms with E-state index in [1.165, 1.54) is 18.0 Å². The minimum absolute atomic E-state index is 0.0759. The second-order valence-electron chi connectivity index (χ2n) is 4.30. The van der Waals surface area contributed by atoms with Crippen LogP contribution in [0.15, 0.2) is 18.2 Å². The van der Waals surface area contributed by atoms with E-state index in [1.54, 1.807) is 0 Å². The molecule has 0 amide bonds.